The molecule has 0 radical (unpaired) electrons. The lowest BCUT2D eigenvalue weighted by Crippen LogP contribution is -2.30. The molecule has 0 fully saturated rings. The second kappa shape index (κ2) is 72.5. The van der Waals surface area contributed by atoms with Gasteiger partial charge in [-0.2, -0.15) is 0 Å². The van der Waals surface area contributed by atoms with E-state index in [2.05, 4.69) is 161 Å². The fourth-order valence-electron chi connectivity index (χ4n) is 9.86. The van der Waals surface area contributed by atoms with E-state index in [0.717, 1.165) is 161 Å². The number of carbonyl (C=O) groups excluding carboxylic acids is 4. The molecule has 0 spiro atoms. The molecular formula is C81H136O17P2. The van der Waals surface area contributed by atoms with Crippen LogP contribution >= 0.6 is 15.6 Å². The van der Waals surface area contributed by atoms with E-state index in [0.29, 0.717) is 32.1 Å². The summed E-state index contributed by atoms with van der Waals surface area (Å²) in [5, 5.41) is 10.6. The summed E-state index contributed by atoms with van der Waals surface area (Å²) in [6, 6.07) is 0. The van der Waals surface area contributed by atoms with Crippen molar-refractivity contribution in [1.29, 1.82) is 0 Å². The van der Waals surface area contributed by atoms with Crippen molar-refractivity contribution in [3.63, 3.8) is 0 Å². The number of allylic oxidation sites excluding steroid dienone is 22. The molecule has 572 valence electrons. The molecule has 0 aromatic carbocycles. The fourth-order valence-corrected chi connectivity index (χ4v) is 11.4. The van der Waals surface area contributed by atoms with Gasteiger partial charge in [-0.25, -0.2) is 9.13 Å². The summed E-state index contributed by atoms with van der Waals surface area (Å²) in [5.41, 5.74) is 0. The van der Waals surface area contributed by atoms with Crippen molar-refractivity contribution in [2.75, 3.05) is 39.6 Å². The molecule has 5 atom stereocenters. The van der Waals surface area contributed by atoms with E-state index in [-0.39, 0.29) is 25.7 Å². The molecule has 17 nitrogen and oxygen atoms in total. The molecule has 0 saturated heterocycles. The Hall–Kier alpha value is -4.80. The summed E-state index contributed by atoms with van der Waals surface area (Å²) < 4.78 is 68.4. The Kier molecular flexibility index (Phi) is 69.1. The quantitative estimate of drug-likeness (QED) is 0.0169. The highest BCUT2D eigenvalue weighted by molar-refractivity contribution is 7.47. The van der Waals surface area contributed by atoms with Gasteiger partial charge in [0.15, 0.2) is 12.2 Å². The van der Waals surface area contributed by atoms with Crippen LogP contribution in [0.2, 0.25) is 0 Å². The number of hydrogen-bond acceptors (Lipinski definition) is 15. The smallest absolute Gasteiger partial charge is 0.462 e. The van der Waals surface area contributed by atoms with Crippen LogP contribution in [0.25, 0.3) is 0 Å². The summed E-state index contributed by atoms with van der Waals surface area (Å²) >= 11 is 0. The summed E-state index contributed by atoms with van der Waals surface area (Å²) in [5.74, 6) is -2.28. The Morgan fingerprint density at radius 2 is 0.520 bits per heavy atom. The number of hydrogen-bond donors (Lipinski definition) is 3. The van der Waals surface area contributed by atoms with E-state index >= 15 is 0 Å². The van der Waals surface area contributed by atoms with E-state index < -0.39 is 97.5 Å². The summed E-state index contributed by atoms with van der Waals surface area (Å²) in [6.45, 7) is 4.43. The summed E-state index contributed by atoms with van der Waals surface area (Å²) in [6.07, 6.45) is 80.2. The van der Waals surface area contributed by atoms with Crippen molar-refractivity contribution >= 4 is 39.5 Å². The second-order valence-electron chi connectivity index (χ2n) is 25.2. The molecule has 3 N–H and O–H groups in total. The normalized spacial score (nSPS) is 14.7. The summed E-state index contributed by atoms with van der Waals surface area (Å²) in [4.78, 5) is 72.9. The van der Waals surface area contributed by atoms with Crippen LogP contribution < -0.4 is 0 Å². The zero-order chi connectivity index (χ0) is 73.2. The monoisotopic (exact) mass is 1440 g/mol. The molecule has 0 bridgehead atoms. The maximum Gasteiger partial charge on any atom is 0.472 e. The second-order valence-corrected chi connectivity index (χ2v) is 28.1. The van der Waals surface area contributed by atoms with E-state index in [9.17, 15) is 43.2 Å². The molecule has 0 heterocycles. The highest BCUT2D eigenvalue weighted by Gasteiger charge is 2.30. The van der Waals surface area contributed by atoms with Crippen LogP contribution in [0.4, 0.5) is 0 Å². The van der Waals surface area contributed by atoms with E-state index in [1.165, 1.54) is 51.4 Å². The first kappa shape index (κ1) is 95.2. The predicted molar refractivity (Wildman–Crippen MR) is 408 cm³/mol. The average molecular weight is 1440 g/mol. The Bertz CT molecular complexity index is 2420. The lowest BCUT2D eigenvalue weighted by atomic mass is 10.0. The predicted octanol–water partition coefficient (Wildman–Crippen LogP) is 22.1. The molecular weight excluding hydrogens is 1310 g/mol. The van der Waals surface area contributed by atoms with Gasteiger partial charge in [-0.1, -0.05) is 271 Å². The Labute approximate surface area is 605 Å². The molecule has 0 aliphatic carbocycles. The van der Waals surface area contributed by atoms with Crippen molar-refractivity contribution in [2.24, 2.45) is 0 Å². The molecule has 0 aromatic rings. The van der Waals surface area contributed by atoms with Gasteiger partial charge in [-0.15, -0.1) is 0 Å². The van der Waals surface area contributed by atoms with Crippen molar-refractivity contribution in [2.45, 2.75) is 316 Å². The van der Waals surface area contributed by atoms with Gasteiger partial charge in [-0.3, -0.25) is 37.3 Å². The molecule has 0 saturated carbocycles. The Balaban J connectivity index is 5.42. The van der Waals surface area contributed by atoms with Gasteiger partial charge in [0.1, 0.15) is 19.3 Å². The van der Waals surface area contributed by atoms with Gasteiger partial charge in [-0.05, 0) is 135 Å². The van der Waals surface area contributed by atoms with E-state index in [1.807, 2.05) is 0 Å². The van der Waals surface area contributed by atoms with E-state index in [4.69, 9.17) is 37.0 Å². The maximum atomic E-state index is 13.1. The first-order chi connectivity index (χ1) is 48.7. The van der Waals surface area contributed by atoms with Crippen molar-refractivity contribution < 1.29 is 80.2 Å². The fraction of sp³-hybridized carbons (Fsp3) is 0.679. The number of aliphatic hydroxyl groups excluding tert-OH is 1. The third kappa shape index (κ3) is 71.6. The van der Waals surface area contributed by atoms with Crippen LogP contribution in [-0.2, 0) is 65.4 Å². The number of phosphoric ester groups is 2. The zero-order valence-electron chi connectivity index (χ0n) is 62.3. The van der Waals surface area contributed by atoms with Gasteiger partial charge in [0.05, 0.1) is 26.4 Å². The number of unbranched alkanes of at least 4 members (excludes halogenated alkanes) is 23. The summed E-state index contributed by atoms with van der Waals surface area (Å²) in [7, 11) is -9.98. The van der Waals surface area contributed by atoms with Crippen LogP contribution in [0.5, 0.6) is 0 Å². The van der Waals surface area contributed by atoms with Crippen LogP contribution in [0.3, 0.4) is 0 Å². The van der Waals surface area contributed by atoms with Gasteiger partial charge in [0.2, 0.25) is 0 Å². The minimum absolute atomic E-state index is 0.0367. The van der Waals surface area contributed by atoms with Crippen molar-refractivity contribution in [1.82, 2.24) is 0 Å². The molecule has 19 heteroatoms. The van der Waals surface area contributed by atoms with Gasteiger partial charge in [0, 0.05) is 25.7 Å². The lowest BCUT2D eigenvalue weighted by molar-refractivity contribution is -0.161. The SMILES string of the molecule is CC/C=C\C/C=C\C/C=C\C/C=C\CCCCC(=O)OCC(COP(=O)(O)OCC(O)COP(=O)(O)OCC(COC(=O)CCCCCCCCC/C=C\C/C=C\C/C=C\CC)OC(=O)CCCC/C=C\C/C=C\C/C=C\C/C=C\CC)OC(=O)CCCCCCCCCCCCCCC. The van der Waals surface area contributed by atoms with Crippen LogP contribution in [0.1, 0.15) is 297 Å². The van der Waals surface area contributed by atoms with Crippen LogP contribution in [0.15, 0.2) is 134 Å². The van der Waals surface area contributed by atoms with Crippen molar-refractivity contribution in [3.05, 3.63) is 134 Å². The first-order valence-electron chi connectivity index (χ1n) is 38.4. The number of carbonyl (C=O) groups is 4. The third-order valence-electron chi connectivity index (χ3n) is 15.6. The largest absolute Gasteiger partial charge is 0.472 e. The Morgan fingerprint density at radius 3 is 0.820 bits per heavy atom. The third-order valence-corrected chi connectivity index (χ3v) is 17.5. The number of aliphatic hydroxyl groups is 1. The molecule has 0 aliphatic heterocycles. The highest BCUT2D eigenvalue weighted by atomic mass is 31.2. The highest BCUT2D eigenvalue weighted by Crippen LogP contribution is 2.45. The number of phosphoric acid groups is 2. The Morgan fingerprint density at radius 1 is 0.290 bits per heavy atom. The maximum absolute atomic E-state index is 13.1. The standard InChI is InChI=1S/C81H136O17P2/c1-5-9-13-17-21-25-29-33-36-37-40-43-46-50-54-58-62-66-79(84)92-72-77(98-81(86)68-64-60-56-52-48-44-39-35-31-27-23-19-15-11-7-3)74-96-100(89,90)94-70-75(82)69-93-99(87,88)95-73-76(97-80(85)67-63-59-55-51-47-41-32-28-24-20-16-12-8-4)71-91-78(83)65-61-57-53-49-45-42-38-34-30-26-22-18-14-10-6-2/h9-11,13-15,21-23,25-27,33-36,38-39,45,48-49,52,75-77,82H,5-8,12,16-20,24,28-32,37,40-44,46-47,50-51,53-74H2,1-4H3,(H,87,88)(H,89,90)/b13-9-,14-10-,15-11-,25-21-,26-22-,27-23-,36-33-,38-34-,39-35-,49-45-,52-48-. The molecule has 5 unspecified atom stereocenters. The molecule has 100 heavy (non-hydrogen) atoms. The number of rotatable bonds is 71. The number of ether oxygens (including phenoxy) is 4. The van der Waals surface area contributed by atoms with Gasteiger partial charge >= 0.3 is 39.5 Å². The van der Waals surface area contributed by atoms with Gasteiger partial charge in [0.25, 0.3) is 0 Å². The zero-order valence-corrected chi connectivity index (χ0v) is 64.1. The van der Waals surface area contributed by atoms with E-state index in [1.54, 1.807) is 0 Å². The van der Waals surface area contributed by atoms with Crippen molar-refractivity contribution in [3.8, 4) is 0 Å². The minimum Gasteiger partial charge on any atom is -0.462 e. The lowest BCUT2D eigenvalue weighted by Gasteiger charge is -2.21. The average Bonchev–Trinajstić information content (AvgIpc) is 0.937. The topological polar surface area (TPSA) is 237 Å². The first-order valence-corrected chi connectivity index (χ1v) is 41.4. The van der Waals surface area contributed by atoms with Crippen LogP contribution in [-0.4, -0.2) is 96.7 Å². The molecule has 0 rings (SSSR count). The molecule has 0 amide bonds. The van der Waals surface area contributed by atoms with Crippen LogP contribution in [0, 0.1) is 0 Å². The van der Waals surface area contributed by atoms with Gasteiger partial charge < -0.3 is 33.8 Å². The molecule has 0 aliphatic rings. The number of esters is 4. The molecule has 0 aromatic heterocycles. The minimum atomic E-state index is -4.99.